The van der Waals surface area contributed by atoms with E-state index in [0.29, 0.717) is 16.9 Å². The van der Waals surface area contributed by atoms with E-state index in [4.69, 9.17) is 4.74 Å². The molecule has 2 aromatic rings. The van der Waals surface area contributed by atoms with Gasteiger partial charge in [-0.25, -0.2) is 9.18 Å². The van der Waals surface area contributed by atoms with Crippen molar-refractivity contribution in [2.75, 3.05) is 7.11 Å². The molecule has 0 aliphatic rings. The Balaban J connectivity index is 2.22. The van der Waals surface area contributed by atoms with Crippen LogP contribution >= 0.6 is 0 Å². The average molecular weight is 290 g/mol. The van der Waals surface area contributed by atoms with Crippen LogP contribution in [0.15, 0.2) is 45.9 Å². The SMILES string of the molecule is COc1ccc(/C=C(\F)Cn2cc(C)c(=O)[nH]c2=O)cc1. The Kier molecular flexibility index (Phi) is 4.37. The van der Waals surface area contributed by atoms with Crippen LogP contribution in [0.5, 0.6) is 5.75 Å². The molecule has 0 fully saturated rings. The number of nitrogens with one attached hydrogen (secondary N) is 1. The minimum Gasteiger partial charge on any atom is -0.497 e. The van der Waals surface area contributed by atoms with Crippen molar-refractivity contribution in [3.63, 3.8) is 0 Å². The second kappa shape index (κ2) is 6.21. The van der Waals surface area contributed by atoms with Crippen molar-refractivity contribution in [3.8, 4) is 5.75 Å². The van der Waals surface area contributed by atoms with Gasteiger partial charge < -0.3 is 4.74 Å². The van der Waals surface area contributed by atoms with Crippen LogP contribution in [0.4, 0.5) is 4.39 Å². The maximum atomic E-state index is 13.9. The second-order valence-corrected chi connectivity index (χ2v) is 4.56. The smallest absolute Gasteiger partial charge is 0.328 e. The van der Waals surface area contributed by atoms with Gasteiger partial charge in [0.1, 0.15) is 11.6 Å². The van der Waals surface area contributed by atoms with Crippen LogP contribution in [0.25, 0.3) is 6.08 Å². The van der Waals surface area contributed by atoms with E-state index in [-0.39, 0.29) is 6.54 Å². The van der Waals surface area contributed by atoms with E-state index in [1.165, 1.54) is 12.3 Å². The Morgan fingerprint density at radius 1 is 1.33 bits per heavy atom. The van der Waals surface area contributed by atoms with E-state index in [1.54, 1.807) is 38.3 Å². The van der Waals surface area contributed by atoms with Gasteiger partial charge >= 0.3 is 5.69 Å². The van der Waals surface area contributed by atoms with E-state index >= 15 is 0 Å². The first-order chi connectivity index (χ1) is 9.99. The van der Waals surface area contributed by atoms with Crippen molar-refractivity contribution in [2.24, 2.45) is 0 Å². The highest BCUT2D eigenvalue weighted by Crippen LogP contribution is 2.14. The molecule has 21 heavy (non-hydrogen) atoms. The van der Waals surface area contributed by atoms with Gasteiger partial charge in [-0.3, -0.25) is 14.3 Å². The van der Waals surface area contributed by atoms with Crippen molar-refractivity contribution >= 4 is 6.08 Å². The molecule has 0 saturated carbocycles. The Morgan fingerprint density at radius 3 is 2.62 bits per heavy atom. The van der Waals surface area contributed by atoms with Crippen LogP contribution in [-0.2, 0) is 6.54 Å². The molecular weight excluding hydrogens is 275 g/mol. The van der Waals surface area contributed by atoms with Gasteiger partial charge in [-0.1, -0.05) is 12.1 Å². The lowest BCUT2D eigenvalue weighted by atomic mass is 10.2. The van der Waals surface area contributed by atoms with Crippen LogP contribution in [0.2, 0.25) is 0 Å². The molecule has 0 aliphatic carbocycles. The molecule has 0 spiro atoms. The van der Waals surface area contributed by atoms with Gasteiger partial charge in [-0.15, -0.1) is 0 Å². The third-order valence-electron chi connectivity index (χ3n) is 2.95. The Hall–Kier alpha value is -2.63. The van der Waals surface area contributed by atoms with Crippen LogP contribution in [0, 0.1) is 6.92 Å². The molecule has 110 valence electrons. The van der Waals surface area contributed by atoms with Crippen LogP contribution in [-0.4, -0.2) is 16.7 Å². The zero-order valence-electron chi connectivity index (χ0n) is 11.7. The number of H-pyrrole nitrogens is 1. The first-order valence-corrected chi connectivity index (χ1v) is 6.30. The third-order valence-corrected chi connectivity index (χ3v) is 2.95. The molecule has 0 amide bonds. The van der Waals surface area contributed by atoms with Gasteiger partial charge in [-0.05, 0) is 30.7 Å². The first-order valence-electron chi connectivity index (χ1n) is 6.30. The number of hydrogen-bond donors (Lipinski definition) is 1. The Morgan fingerprint density at radius 2 is 2.00 bits per heavy atom. The van der Waals surface area contributed by atoms with Gasteiger partial charge in [0.15, 0.2) is 0 Å². The van der Waals surface area contributed by atoms with Gasteiger partial charge in [0.2, 0.25) is 0 Å². The highest BCUT2D eigenvalue weighted by atomic mass is 19.1. The number of rotatable bonds is 4. The maximum absolute atomic E-state index is 13.9. The Labute approximate surface area is 120 Å². The summed E-state index contributed by atoms with van der Waals surface area (Å²) in [6.45, 7) is 1.32. The molecule has 0 atom stereocenters. The topological polar surface area (TPSA) is 64.1 Å². The highest BCUT2D eigenvalue weighted by Gasteiger charge is 2.04. The van der Waals surface area contributed by atoms with Crippen molar-refractivity contribution in [1.29, 1.82) is 0 Å². The van der Waals surface area contributed by atoms with Crippen LogP contribution in [0.3, 0.4) is 0 Å². The largest absolute Gasteiger partial charge is 0.497 e. The number of benzene rings is 1. The van der Waals surface area contributed by atoms with E-state index in [2.05, 4.69) is 4.98 Å². The Bertz CT molecular complexity index is 773. The predicted molar refractivity (Wildman–Crippen MR) is 78.1 cm³/mol. The third kappa shape index (κ3) is 3.68. The summed E-state index contributed by atoms with van der Waals surface area (Å²) in [7, 11) is 1.55. The molecule has 0 bridgehead atoms. The summed E-state index contributed by atoms with van der Waals surface area (Å²) >= 11 is 0. The zero-order chi connectivity index (χ0) is 15.4. The van der Waals surface area contributed by atoms with Gasteiger partial charge in [0.25, 0.3) is 5.56 Å². The lowest BCUT2D eigenvalue weighted by molar-refractivity contribution is 0.415. The number of ether oxygens (including phenoxy) is 1. The number of nitrogens with zero attached hydrogens (tertiary/aromatic N) is 1. The van der Waals surface area contributed by atoms with Crippen molar-refractivity contribution in [3.05, 3.63) is 68.3 Å². The number of aryl methyl sites for hydroxylation is 1. The van der Waals surface area contributed by atoms with Gasteiger partial charge in [0, 0.05) is 11.8 Å². The maximum Gasteiger partial charge on any atom is 0.328 e. The highest BCUT2D eigenvalue weighted by molar-refractivity contribution is 5.52. The molecule has 0 radical (unpaired) electrons. The van der Waals surface area contributed by atoms with Crippen LogP contribution < -0.4 is 16.0 Å². The second-order valence-electron chi connectivity index (χ2n) is 4.56. The molecule has 0 aliphatic heterocycles. The molecule has 0 unspecified atom stereocenters. The number of methoxy groups -OCH3 is 1. The molecular formula is C15H15FN2O3. The number of halogens is 1. The fourth-order valence-corrected chi connectivity index (χ4v) is 1.83. The van der Waals surface area contributed by atoms with Gasteiger partial charge in [-0.2, -0.15) is 0 Å². The minimum absolute atomic E-state index is 0.234. The number of aromatic amines is 1. The summed E-state index contributed by atoms with van der Waals surface area (Å²) in [6.07, 6.45) is 2.66. The quantitative estimate of drug-likeness (QED) is 0.935. The molecule has 1 aromatic heterocycles. The molecule has 6 heteroatoms. The number of aromatic nitrogens is 2. The van der Waals surface area contributed by atoms with E-state index in [0.717, 1.165) is 4.57 Å². The van der Waals surface area contributed by atoms with E-state index < -0.39 is 17.1 Å². The molecule has 2 rings (SSSR count). The first kappa shape index (κ1) is 14.8. The standard InChI is InChI=1S/C15H15FN2O3/c1-10-8-18(15(20)17-14(10)19)9-12(16)7-11-3-5-13(21-2)6-4-11/h3-8H,9H2,1-2H3,(H,17,19,20)/b12-7-. The lowest BCUT2D eigenvalue weighted by Gasteiger charge is -2.04. The summed E-state index contributed by atoms with van der Waals surface area (Å²) in [5.41, 5.74) is -0.0889. The molecule has 1 aromatic carbocycles. The monoisotopic (exact) mass is 290 g/mol. The summed E-state index contributed by atoms with van der Waals surface area (Å²) < 4.78 is 20.1. The molecule has 5 nitrogen and oxygen atoms in total. The van der Waals surface area contributed by atoms with E-state index in [1.807, 2.05) is 0 Å². The van der Waals surface area contributed by atoms with Gasteiger partial charge in [0.05, 0.1) is 13.7 Å². The average Bonchev–Trinajstić information content (AvgIpc) is 2.45. The molecule has 0 saturated heterocycles. The number of hydrogen-bond acceptors (Lipinski definition) is 3. The fraction of sp³-hybridized carbons (Fsp3) is 0.200. The number of allylic oxidation sites excluding steroid dienone is 1. The van der Waals surface area contributed by atoms with E-state index in [9.17, 15) is 14.0 Å². The lowest BCUT2D eigenvalue weighted by Crippen LogP contribution is -2.30. The summed E-state index contributed by atoms with van der Waals surface area (Å²) in [5, 5.41) is 0. The summed E-state index contributed by atoms with van der Waals surface area (Å²) in [5.74, 6) is 0.189. The molecule has 1 heterocycles. The normalized spacial score (nSPS) is 11.5. The van der Waals surface area contributed by atoms with Crippen molar-refractivity contribution in [1.82, 2.24) is 9.55 Å². The summed E-state index contributed by atoms with van der Waals surface area (Å²) in [6, 6.07) is 6.85. The van der Waals surface area contributed by atoms with Crippen molar-refractivity contribution < 1.29 is 9.13 Å². The minimum atomic E-state index is -0.635. The van der Waals surface area contributed by atoms with Crippen molar-refractivity contribution in [2.45, 2.75) is 13.5 Å². The predicted octanol–water partition coefficient (Wildman–Crippen LogP) is 1.86. The fourth-order valence-electron chi connectivity index (χ4n) is 1.83. The molecule has 1 N–H and O–H groups in total. The van der Waals surface area contributed by atoms with Crippen LogP contribution in [0.1, 0.15) is 11.1 Å². The summed E-state index contributed by atoms with van der Waals surface area (Å²) in [4.78, 5) is 24.9. The zero-order valence-corrected chi connectivity index (χ0v) is 11.7.